The van der Waals surface area contributed by atoms with E-state index in [-0.39, 0.29) is 16.9 Å². The molecule has 0 radical (unpaired) electrons. The van der Waals surface area contributed by atoms with Crippen molar-refractivity contribution in [2.24, 2.45) is 11.3 Å². The number of hydrogen-bond acceptors (Lipinski definition) is 4. The van der Waals surface area contributed by atoms with Gasteiger partial charge in [-0.25, -0.2) is 0 Å². The number of benzene rings is 2. The first-order chi connectivity index (χ1) is 13.1. The van der Waals surface area contributed by atoms with E-state index in [9.17, 15) is 9.90 Å². The zero-order chi connectivity index (χ0) is 20.2. The van der Waals surface area contributed by atoms with Crippen LogP contribution in [0.1, 0.15) is 43.0 Å². The molecule has 2 aromatic carbocycles. The van der Waals surface area contributed by atoms with E-state index >= 15 is 0 Å². The van der Waals surface area contributed by atoms with Gasteiger partial charge in [-0.3, -0.25) is 4.79 Å². The molecule has 1 aliphatic heterocycles. The summed E-state index contributed by atoms with van der Waals surface area (Å²) in [5.74, 6) is -0.148. The second-order valence-electron chi connectivity index (χ2n) is 8.64. The average molecular weight is 397 g/mol. The van der Waals surface area contributed by atoms with Crippen LogP contribution in [0.4, 0.5) is 11.4 Å². The molecule has 0 fully saturated rings. The lowest BCUT2D eigenvalue weighted by atomic mass is 9.72. The number of aromatic hydroxyl groups is 1. The fraction of sp³-hybridized carbons (Fsp3) is 0.348. The molecular formula is C23H25ClN2O2. The van der Waals surface area contributed by atoms with Gasteiger partial charge in [0.1, 0.15) is 11.5 Å². The molecule has 28 heavy (non-hydrogen) atoms. The van der Waals surface area contributed by atoms with Gasteiger partial charge < -0.3 is 15.7 Å². The molecule has 0 bridgehead atoms. The number of Topliss-reactive ketones (excluding diaryl/α,β-unsaturated/α-hetero) is 1. The number of anilines is 2. The van der Waals surface area contributed by atoms with Crippen LogP contribution in [0.2, 0.25) is 5.02 Å². The summed E-state index contributed by atoms with van der Waals surface area (Å²) in [6.45, 7) is 8.28. The van der Waals surface area contributed by atoms with Crippen LogP contribution in [0.5, 0.6) is 5.75 Å². The molecule has 0 spiro atoms. The molecule has 4 nitrogen and oxygen atoms in total. The second-order valence-corrected chi connectivity index (χ2v) is 9.08. The van der Waals surface area contributed by atoms with Crippen LogP contribution in [0.25, 0.3) is 0 Å². The van der Waals surface area contributed by atoms with Crippen LogP contribution in [-0.4, -0.2) is 10.9 Å². The topological polar surface area (TPSA) is 61.4 Å². The summed E-state index contributed by atoms with van der Waals surface area (Å²) < 4.78 is 0. The molecule has 5 heteroatoms. The van der Waals surface area contributed by atoms with Crippen LogP contribution < -0.4 is 10.6 Å². The number of phenolic OH excluding ortho intramolecular Hbond substituents is 1. The summed E-state index contributed by atoms with van der Waals surface area (Å²) in [6.07, 6.45) is 2.61. The number of phenols is 1. The van der Waals surface area contributed by atoms with E-state index in [1.54, 1.807) is 18.2 Å². The van der Waals surface area contributed by atoms with Crippen molar-refractivity contribution >= 4 is 28.8 Å². The van der Waals surface area contributed by atoms with Gasteiger partial charge in [0, 0.05) is 22.7 Å². The van der Waals surface area contributed by atoms with Gasteiger partial charge in [0.15, 0.2) is 0 Å². The molecule has 1 aliphatic carbocycles. The predicted octanol–water partition coefficient (Wildman–Crippen LogP) is 5.74. The molecule has 2 aliphatic rings. The molecule has 2 atom stereocenters. The molecular weight excluding hydrogens is 372 g/mol. The van der Waals surface area contributed by atoms with E-state index in [2.05, 4.69) is 56.5 Å². The van der Waals surface area contributed by atoms with E-state index in [0.717, 1.165) is 22.6 Å². The lowest BCUT2D eigenvalue weighted by Gasteiger charge is -2.35. The first-order valence-electron chi connectivity index (χ1n) is 9.53. The summed E-state index contributed by atoms with van der Waals surface area (Å²) >= 11 is 6.23. The molecule has 0 amide bonds. The maximum absolute atomic E-state index is 13.2. The molecule has 146 valence electrons. The Balaban J connectivity index is 1.94. The molecule has 3 N–H and O–H groups in total. The SMILES string of the molecule is Cc1cc2c(cc1C)N[C@@H](c1cc(Cl)ccc1O)[C@H]1C(=O)CC(C)(C)C=C1N2. The van der Waals surface area contributed by atoms with Gasteiger partial charge in [-0.05, 0) is 60.7 Å². The number of nitrogens with one attached hydrogen (secondary N) is 2. The van der Waals surface area contributed by atoms with Gasteiger partial charge >= 0.3 is 0 Å². The van der Waals surface area contributed by atoms with Gasteiger partial charge in [0.05, 0.1) is 23.3 Å². The van der Waals surface area contributed by atoms with Gasteiger partial charge in [-0.1, -0.05) is 31.5 Å². The van der Waals surface area contributed by atoms with Crippen LogP contribution in [0, 0.1) is 25.2 Å². The Labute approximate surface area is 170 Å². The first-order valence-corrected chi connectivity index (χ1v) is 9.91. The zero-order valence-corrected chi connectivity index (χ0v) is 17.3. The fourth-order valence-electron chi connectivity index (χ4n) is 4.25. The number of aryl methyl sites for hydroxylation is 2. The van der Waals surface area contributed by atoms with Crippen molar-refractivity contribution in [1.82, 2.24) is 0 Å². The van der Waals surface area contributed by atoms with E-state index in [4.69, 9.17) is 11.6 Å². The molecule has 0 unspecified atom stereocenters. The second kappa shape index (κ2) is 6.56. The van der Waals surface area contributed by atoms with Crippen molar-refractivity contribution in [3.05, 3.63) is 63.8 Å². The highest BCUT2D eigenvalue weighted by atomic mass is 35.5. The Morgan fingerprint density at radius 1 is 1.11 bits per heavy atom. The number of carbonyl (C=O) groups is 1. The highest BCUT2D eigenvalue weighted by Crippen LogP contribution is 2.47. The molecule has 4 rings (SSSR count). The number of ketones is 1. The largest absolute Gasteiger partial charge is 0.508 e. The highest BCUT2D eigenvalue weighted by Gasteiger charge is 2.42. The zero-order valence-electron chi connectivity index (χ0n) is 16.6. The number of halogens is 1. The minimum absolute atomic E-state index is 0.131. The summed E-state index contributed by atoms with van der Waals surface area (Å²) in [5, 5.41) is 18.1. The van der Waals surface area contributed by atoms with Crippen LogP contribution in [0.15, 0.2) is 42.1 Å². The fourth-order valence-corrected chi connectivity index (χ4v) is 4.43. The van der Waals surface area contributed by atoms with Crippen molar-refractivity contribution in [1.29, 1.82) is 0 Å². The van der Waals surface area contributed by atoms with Crippen LogP contribution >= 0.6 is 11.6 Å². The summed E-state index contributed by atoms with van der Waals surface area (Å²) in [6, 6.07) is 8.75. The summed E-state index contributed by atoms with van der Waals surface area (Å²) in [5.41, 5.74) is 5.47. The van der Waals surface area contributed by atoms with E-state index < -0.39 is 12.0 Å². The Hall–Kier alpha value is -2.46. The van der Waals surface area contributed by atoms with Gasteiger partial charge in [-0.2, -0.15) is 0 Å². The first kappa shape index (κ1) is 18.9. The van der Waals surface area contributed by atoms with E-state index in [1.807, 2.05) is 0 Å². The number of hydrogen-bond donors (Lipinski definition) is 3. The maximum Gasteiger partial charge on any atom is 0.145 e. The van der Waals surface area contributed by atoms with Crippen molar-refractivity contribution in [2.75, 3.05) is 10.6 Å². The third-order valence-corrected chi connectivity index (χ3v) is 5.97. The number of allylic oxidation sites excluding steroid dienone is 1. The van der Waals surface area contributed by atoms with Gasteiger partial charge in [-0.15, -0.1) is 0 Å². The minimum atomic E-state index is -0.426. The van der Waals surface area contributed by atoms with Crippen molar-refractivity contribution < 1.29 is 9.90 Å². The van der Waals surface area contributed by atoms with E-state index in [0.29, 0.717) is 17.0 Å². The Kier molecular flexibility index (Phi) is 4.42. The molecule has 0 aromatic heterocycles. The number of rotatable bonds is 1. The van der Waals surface area contributed by atoms with Crippen molar-refractivity contribution in [3.63, 3.8) is 0 Å². The maximum atomic E-state index is 13.2. The molecule has 0 saturated heterocycles. The van der Waals surface area contributed by atoms with E-state index in [1.165, 1.54) is 5.56 Å². The minimum Gasteiger partial charge on any atom is -0.508 e. The van der Waals surface area contributed by atoms with Crippen molar-refractivity contribution in [3.8, 4) is 5.75 Å². The molecule has 2 aromatic rings. The normalized spacial score (nSPS) is 22.9. The highest BCUT2D eigenvalue weighted by molar-refractivity contribution is 6.30. The predicted molar refractivity (Wildman–Crippen MR) is 114 cm³/mol. The van der Waals surface area contributed by atoms with Gasteiger partial charge in [0.25, 0.3) is 0 Å². The third-order valence-electron chi connectivity index (χ3n) is 5.74. The monoisotopic (exact) mass is 396 g/mol. The lowest BCUT2D eigenvalue weighted by molar-refractivity contribution is -0.124. The quantitative estimate of drug-likeness (QED) is 0.575. The van der Waals surface area contributed by atoms with Gasteiger partial charge in [0.2, 0.25) is 0 Å². The Morgan fingerprint density at radius 3 is 2.50 bits per heavy atom. The summed E-state index contributed by atoms with van der Waals surface area (Å²) in [7, 11) is 0. The Morgan fingerprint density at radius 2 is 1.79 bits per heavy atom. The Bertz CT molecular complexity index is 1010. The molecule has 0 saturated carbocycles. The third kappa shape index (κ3) is 3.26. The number of fused-ring (bicyclic) bond motifs is 2. The lowest BCUT2D eigenvalue weighted by Crippen LogP contribution is -2.36. The van der Waals surface area contributed by atoms with Crippen molar-refractivity contribution in [2.45, 2.75) is 40.2 Å². The standard InChI is InChI=1S/C23H25ClN2O2/c1-12-7-16-17(8-13(12)2)26-22(15-9-14(24)5-6-19(15)27)21-18(25-16)10-23(3,4)11-20(21)28/h5-10,21-22,25-27H,11H2,1-4H3/t21-,22+/m1/s1. The number of carbonyl (C=O) groups excluding carboxylic acids is 1. The molecule has 1 heterocycles. The van der Waals surface area contributed by atoms with Crippen LogP contribution in [-0.2, 0) is 4.79 Å². The summed E-state index contributed by atoms with van der Waals surface area (Å²) in [4.78, 5) is 13.2. The average Bonchev–Trinajstić information content (AvgIpc) is 2.73. The smallest absolute Gasteiger partial charge is 0.145 e. The van der Waals surface area contributed by atoms with Crippen LogP contribution in [0.3, 0.4) is 0 Å².